The largest absolute Gasteiger partial charge is 0.392 e. The van der Waals surface area contributed by atoms with Crippen LogP contribution in [0.2, 0.25) is 0 Å². The van der Waals surface area contributed by atoms with Gasteiger partial charge >= 0.3 is 11.8 Å². The number of amides is 2. The summed E-state index contributed by atoms with van der Waals surface area (Å²) in [5.74, 6) is -1.30. The fraction of sp³-hybridized carbons (Fsp3) is 0.200. The van der Waals surface area contributed by atoms with Crippen LogP contribution >= 0.6 is 12.2 Å². The van der Waals surface area contributed by atoms with Crippen molar-refractivity contribution in [3.63, 3.8) is 0 Å². The first-order chi connectivity index (χ1) is 7.99. The molecule has 90 valence electrons. The van der Waals surface area contributed by atoms with E-state index in [0.717, 1.165) is 5.56 Å². The van der Waals surface area contributed by atoms with Crippen LogP contribution in [0.3, 0.4) is 0 Å². The molecule has 0 aliphatic rings. The van der Waals surface area contributed by atoms with Gasteiger partial charge in [-0.1, -0.05) is 18.3 Å². The quantitative estimate of drug-likeness (QED) is 0.508. The smallest absolute Gasteiger partial charge is 0.314 e. The van der Waals surface area contributed by atoms with Crippen molar-refractivity contribution in [1.29, 1.82) is 0 Å². The molecule has 0 aromatic carbocycles. The maximum absolute atomic E-state index is 11.4. The van der Waals surface area contributed by atoms with Crippen molar-refractivity contribution in [3.8, 4) is 0 Å². The molecule has 0 radical (unpaired) electrons. The standard InChI is InChI=1S/C10H12N4O2S/c1-6-2-3-8(12-4-6)14-10(16)9(15)13-5-7(11)17/h2-4H,5H2,1H3,(H2,11,17)(H,13,15)(H,12,14,16). The van der Waals surface area contributed by atoms with Crippen molar-refractivity contribution in [1.82, 2.24) is 10.3 Å². The van der Waals surface area contributed by atoms with E-state index in [1.165, 1.54) is 0 Å². The number of hydrogen-bond donors (Lipinski definition) is 3. The second-order valence-electron chi connectivity index (χ2n) is 3.32. The lowest BCUT2D eigenvalue weighted by Crippen LogP contribution is -2.39. The Labute approximate surface area is 104 Å². The van der Waals surface area contributed by atoms with E-state index in [-0.39, 0.29) is 11.5 Å². The Balaban J connectivity index is 2.51. The number of thiocarbonyl (C=S) groups is 1. The third-order valence-corrected chi connectivity index (χ3v) is 1.93. The summed E-state index contributed by atoms with van der Waals surface area (Å²) in [6.07, 6.45) is 1.59. The zero-order chi connectivity index (χ0) is 12.8. The van der Waals surface area contributed by atoms with Crippen LogP contribution in [0.25, 0.3) is 0 Å². The van der Waals surface area contributed by atoms with Crippen molar-refractivity contribution in [2.45, 2.75) is 6.92 Å². The van der Waals surface area contributed by atoms with E-state index in [0.29, 0.717) is 5.82 Å². The third-order valence-electron chi connectivity index (χ3n) is 1.78. The van der Waals surface area contributed by atoms with Gasteiger partial charge in [-0.05, 0) is 18.6 Å². The van der Waals surface area contributed by atoms with E-state index in [1.54, 1.807) is 18.3 Å². The Bertz CT molecular complexity index is 444. The van der Waals surface area contributed by atoms with Gasteiger partial charge in [0.25, 0.3) is 0 Å². The predicted octanol–water partition coefficient (Wildman–Crippen LogP) is -0.269. The molecule has 1 rings (SSSR count). The van der Waals surface area contributed by atoms with Gasteiger partial charge in [-0.25, -0.2) is 4.98 Å². The van der Waals surface area contributed by atoms with Crippen molar-refractivity contribution >= 4 is 34.8 Å². The first kappa shape index (κ1) is 13.0. The summed E-state index contributed by atoms with van der Waals surface area (Å²) >= 11 is 4.56. The van der Waals surface area contributed by atoms with Crippen molar-refractivity contribution < 1.29 is 9.59 Å². The number of aromatic nitrogens is 1. The van der Waals surface area contributed by atoms with Gasteiger partial charge < -0.3 is 16.4 Å². The van der Waals surface area contributed by atoms with Crippen LogP contribution in [0, 0.1) is 6.92 Å². The fourth-order valence-electron chi connectivity index (χ4n) is 0.963. The number of hydrogen-bond acceptors (Lipinski definition) is 4. The summed E-state index contributed by atoms with van der Waals surface area (Å²) in [6, 6.07) is 3.38. The fourth-order valence-corrected chi connectivity index (χ4v) is 1.03. The Kier molecular flexibility index (Phi) is 4.53. The van der Waals surface area contributed by atoms with Crippen LogP contribution in [0.5, 0.6) is 0 Å². The summed E-state index contributed by atoms with van der Waals surface area (Å²) in [4.78, 5) is 26.7. The number of rotatable bonds is 3. The molecule has 0 saturated carbocycles. The lowest BCUT2D eigenvalue weighted by Gasteiger charge is -2.05. The van der Waals surface area contributed by atoms with Gasteiger partial charge in [0.05, 0.1) is 11.5 Å². The zero-order valence-corrected chi connectivity index (χ0v) is 10.0. The maximum atomic E-state index is 11.4. The molecule has 17 heavy (non-hydrogen) atoms. The average molecular weight is 252 g/mol. The highest BCUT2D eigenvalue weighted by Crippen LogP contribution is 2.03. The SMILES string of the molecule is Cc1ccc(NC(=O)C(=O)NCC(N)=S)nc1. The number of carbonyl (C=O) groups is 2. The van der Waals surface area contributed by atoms with E-state index in [1.807, 2.05) is 6.92 Å². The van der Waals surface area contributed by atoms with E-state index < -0.39 is 11.8 Å². The highest BCUT2D eigenvalue weighted by Gasteiger charge is 2.13. The minimum Gasteiger partial charge on any atom is -0.392 e. The molecule has 0 fully saturated rings. The molecule has 1 aromatic heterocycles. The van der Waals surface area contributed by atoms with Crippen molar-refractivity contribution in [2.75, 3.05) is 11.9 Å². The molecule has 0 spiro atoms. The van der Waals surface area contributed by atoms with Gasteiger partial charge in [0, 0.05) is 6.20 Å². The molecule has 1 heterocycles. The van der Waals surface area contributed by atoms with E-state index in [2.05, 4.69) is 27.8 Å². The minimum absolute atomic E-state index is 0.0110. The molecule has 1 aromatic rings. The average Bonchev–Trinajstić information content (AvgIpc) is 2.28. The summed E-state index contributed by atoms with van der Waals surface area (Å²) in [6.45, 7) is 1.86. The molecule has 0 aliphatic heterocycles. The predicted molar refractivity (Wildman–Crippen MR) is 67.4 cm³/mol. The zero-order valence-electron chi connectivity index (χ0n) is 9.19. The van der Waals surface area contributed by atoms with Crippen LogP contribution in [-0.4, -0.2) is 28.3 Å². The molecule has 4 N–H and O–H groups in total. The van der Waals surface area contributed by atoms with E-state index in [9.17, 15) is 9.59 Å². The van der Waals surface area contributed by atoms with Crippen LogP contribution in [-0.2, 0) is 9.59 Å². The Morgan fingerprint density at radius 1 is 1.41 bits per heavy atom. The number of anilines is 1. The highest BCUT2D eigenvalue weighted by molar-refractivity contribution is 7.80. The van der Waals surface area contributed by atoms with Gasteiger partial charge in [-0.2, -0.15) is 0 Å². The lowest BCUT2D eigenvalue weighted by atomic mass is 10.3. The molecule has 0 atom stereocenters. The number of carbonyl (C=O) groups excluding carboxylic acids is 2. The second-order valence-corrected chi connectivity index (χ2v) is 3.85. The van der Waals surface area contributed by atoms with Crippen LogP contribution < -0.4 is 16.4 Å². The summed E-state index contributed by atoms with van der Waals surface area (Å²) in [5, 5.41) is 4.61. The topological polar surface area (TPSA) is 97.1 Å². The Hall–Kier alpha value is -2.02. The van der Waals surface area contributed by atoms with Crippen LogP contribution in [0.4, 0.5) is 5.82 Å². The van der Waals surface area contributed by atoms with Gasteiger partial charge in [0.2, 0.25) is 0 Å². The molecule has 0 aliphatic carbocycles. The number of aryl methyl sites for hydroxylation is 1. The summed E-state index contributed by atoms with van der Waals surface area (Å²) < 4.78 is 0. The molecule has 0 unspecified atom stereocenters. The van der Waals surface area contributed by atoms with Gasteiger partial charge in [0.15, 0.2) is 0 Å². The van der Waals surface area contributed by atoms with Crippen molar-refractivity contribution in [3.05, 3.63) is 23.9 Å². The highest BCUT2D eigenvalue weighted by atomic mass is 32.1. The summed E-state index contributed by atoms with van der Waals surface area (Å²) in [5.41, 5.74) is 6.14. The third kappa shape index (κ3) is 4.56. The van der Waals surface area contributed by atoms with Gasteiger partial charge in [-0.15, -0.1) is 0 Å². The van der Waals surface area contributed by atoms with Crippen LogP contribution in [0.1, 0.15) is 5.56 Å². The van der Waals surface area contributed by atoms with E-state index >= 15 is 0 Å². The first-order valence-electron chi connectivity index (χ1n) is 4.79. The molecule has 2 amide bonds. The Morgan fingerprint density at radius 3 is 2.65 bits per heavy atom. The molecule has 0 bridgehead atoms. The molecular weight excluding hydrogens is 240 g/mol. The van der Waals surface area contributed by atoms with Crippen LogP contribution in [0.15, 0.2) is 18.3 Å². The number of pyridine rings is 1. The number of nitrogens with one attached hydrogen (secondary N) is 2. The summed E-state index contributed by atoms with van der Waals surface area (Å²) in [7, 11) is 0. The molecule has 0 saturated heterocycles. The number of nitrogens with zero attached hydrogens (tertiary/aromatic N) is 1. The minimum atomic E-state index is -0.808. The molecule has 6 nitrogen and oxygen atoms in total. The number of nitrogens with two attached hydrogens (primary N) is 1. The normalized spacial score (nSPS) is 9.47. The maximum Gasteiger partial charge on any atom is 0.314 e. The van der Waals surface area contributed by atoms with Gasteiger partial charge in [0.1, 0.15) is 5.82 Å². The van der Waals surface area contributed by atoms with E-state index in [4.69, 9.17) is 5.73 Å². The Morgan fingerprint density at radius 2 is 2.12 bits per heavy atom. The van der Waals surface area contributed by atoms with Crippen molar-refractivity contribution in [2.24, 2.45) is 5.73 Å². The monoisotopic (exact) mass is 252 g/mol. The lowest BCUT2D eigenvalue weighted by molar-refractivity contribution is -0.136. The first-order valence-corrected chi connectivity index (χ1v) is 5.20. The molecule has 7 heteroatoms. The second kappa shape index (κ2) is 5.90. The van der Waals surface area contributed by atoms with Gasteiger partial charge in [-0.3, -0.25) is 9.59 Å². The molecular formula is C10H12N4O2S.